The van der Waals surface area contributed by atoms with E-state index in [0.29, 0.717) is 0 Å². The van der Waals surface area contributed by atoms with Gasteiger partial charge in [0.2, 0.25) is 0 Å². The van der Waals surface area contributed by atoms with Crippen LogP contribution in [0, 0.1) is 0 Å². The first-order valence-electron chi connectivity index (χ1n) is 3.96. The number of aromatic nitrogens is 2. The van der Waals surface area contributed by atoms with Crippen molar-refractivity contribution in [2.45, 2.75) is 6.04 Å². The number of aliphatic hydroxyl groups is 1. The van der Waals surface area contributed by atoms with E-state index in [0.717, 1.165) is 11.7 Å². The van der Waals surface area contributed by atoms with Gasteiger partial charge < -0.3 is 15.2 Å². The van der Waals surface area contributed by atoms with Gasteiger partial charge in [-0.2, -0.15) is 8.75 Å². The van der Waals surface area contributed by atoms with E-state index in [9.17, 15) is 4.79 Å². The number of methoxy groups -OCH3 is 1. The molecule has 0 saturated carbocycles. The fourth-order valence-electron chi connectivity index (χ4n) is 0.865. The number of ether oxygens (including phenoxy) is 1. The van der Waals surface area contributed by atoms with Gasteiger partial charge in [0.05, 0.1) is 37.2 Å². The van der Waals surface area contributed by atoms with Gasteiger partial charge in [-0.25, -0.2) is 0 Å². The van der Waals surface area contributed by atoms with E-state index in [1.165, 1.54) is 13.3 Å². The number of aliphatic hydroxyl groups excluding tert-OH is 1. The molecule has 1 atom stereocenters. The van der Waals surface area contributed by atoms with Gasteiger partial charge in [0, 0.05) is 7.11 Å². The number of hydrogen-bond acceptors (Lipinski definition) is 6. The van der Waals surface area contributed by atoms with E-state index in [-0.39, 0.29) is 24.8 Å². The molecule has 0 aromatic carbocycles. The predicted molar refractivity (Wildman–Crippen MR) is 50.1 cm³/mol. The Morgan fingerprint density at radius 1 is 1.86 bits per heavy atom. The van der Waals surface area contributed by atoms with Crippen LogP contribution in [0.1, 0.15) is 10.5 Å². The van der Waals surface area contributed by atoms with Gasteiger partial charge in [-0.15, -0.1) is 0 Å². The highest BCUT2D eigenvalue weighted by Crippen LogP contribution is 1.95. The quantitative estimate of drug-likeness (QED) is 0.679. The summed E-state index contributed by atoms with van der Waals surface area (Å²) in [6, 6.07) is -0.408. The summed E-state index contributed by atoms with van der Waals surface area (Å²) in [6.07, 6.45) is 1.38. The van der Waals surface area contributed by atoms with Gasteiger partial charge in [0.1, 0.15) is 0 Å². The van der Waals surface area contributed by atoms with Crippen molar-refractivity contribution in [3.05, 3.63) is 11.9 Å². The number of nitrogens with zero attached hydrogens (tertiary/aromatic N) is 2. The molecule has 0 aliphatic carbocycles. The largest absolute Gasteiger partial charge is 0.394 e. The summed E-state index contributed by atoms with van der Waals surface area (Å²) in [6.45, 7) is 0.0942. The second-order valence-electron chi connectivity index (χ2n) is 2.60. The molecule has 0 fully saturated rings. The fourth-order valence-corrected chi connectivity index (χ4v) is 1.28. The van der Waals surface area contributed by atoms with Crippen molar-refractivity contribution >= 4 is 17.6 Å². The van der Waals surface area contributed by atoms with Crippen LogP contribution in [0.15, 0.2) is 6.20 Å². The van der Waals surface area contributed by atoms with Crippen LogP contribution >= 0.6 is 11.7 Å². The van der Waals surface area contributed by atoms with E-state index >= 15 is 0 Å². The van der Waals surface area contributed by atoms with Gasteiger partial charge in [0.25, 0.3) is 5.91 Å². The third kappa shape index (κ3) is 3.02. The third-order valence-electron chi connectivity index (χ3n) is 1.52. The van der Waals surface area contributed by atoms with Gasteiger partial charge in [-0.1, -0.05) is 0 Å². The molecule has 0 spiro atoms. The molecular formula is C7H11N3O3S. The predicted octanol–water partition coefficient (Wildman–Crippen LogP) is -0.725. The molecule has 0 radical (unpaired) electrons. The van der Waals surface area contributed by atoms with Crippen molar-refractivity contribution in [3.63, 3.8) is 0 Å². The average Bonchev–Trinajstić information content (AvgIpc) is 2.69. The Morgan fingerprint density at radius 3 is 3.14 bits per heavy atom. The number of amides is 1. The molecule has 2 N–H and O–H groups in total. The molecule has 1 rings (SSSR count). The van der Waals surface area contributed by atoms with E-state index in [4.69, 9.17) is 9.84 Å². The van der Waals surface area contributed by atoms with Crippen LogP contribution in [0.25, 0.3) is 0 Å². The summed E-state index contributed by atoms with van der Waals surface area (Å²) < 4.78 is 12.3. The highest BCUT2D eigenvalue weighted by molar-refractivity contribution is 6.99. The zero-order valence-electron chi connectivity index (χ0n) is 7.64. The minimum Gasteiger partial charge on any atom is -0.394 e. The number of rotatable bonds is 5. The van der Waals surface area contributed by atoms with Crippen LogP contribution in [0.5, 0.6) is 0 Å². The minimum atomic E-state index is -0.408. The van der Waals surface area contributed by atoms with Crippen molar-refractivity contribution in [1.29, 1.82) is 0 Å². The molecule has 0 saturated heterocycles. The van der Waals surface area contributed by atoms with Crippen molar-refractivity contribution in [2.24, 2.45) is 0 Å². The summed E-state index contributed by atoms with van der Waals surface area (Å²) in [7, 11) is 1.50. The molecule has 0 aliphatic rings. The highest BCUT2D eigenvalue weighted by Gasteiger charge is 2.14. The van der Waals surface area contributed by atoms with Crippen molar-refractivity contribution in [3.8, 4) is 0 Å². The number of hydrogen-bond donors (Lipinski definition) is 2. The second-order valence-corrected chi connectivity index (χ2v) is 3.16. The van der Waals surface area contributed by atoms with Crippen LogP contribution in [-0.2, 0) is 4.74 Å². The molecule has 14 heavy (non-hydrogen) atoms. The van der Waals surface area contributed by atoms with Crippen LogP contribution in [0.4, 0.5) is 0 Å². The summed E-state index contributed by atoms with van der Waals surface area (Å²) in [4.78, 5) is 11.4. The first-order valence-corrected chi connectivity index (χ1v) is 4.69. The number of nitrogens with one attached hydrogen (secondary N) is 1. The molecular weight excluding hydrogens is 206 g/mol. The molecule has 1 aromatic heterocycles. The monoisotopic (exact) mass is 217 g/mol. The molecule has 1 heterocycles. The summed E-state index contributed by atoms with van der Waals surface area (Å²) in [5.41, 5.74) is 0.254. The molecule has 1 aromatic rings. The smallest absolute Gasteiger partial charge is 0.273 e. The first kappa shape index (κ1) is 11.0. The molecule has 6 nitrogen and oxygen atoms in total. The van der Waals surface area contributed by atoms with Gasteiger partial charge in [-0.05, 0) is 0 Å². The fraction of sp³-hybridized carbons (Fsp3) is 0.571. The topological polar surface area (TPSA) is 84.3 Å². The summed E-state index contributed by atoms with van der Waals surface area (Å²) >= 11 is 0.961. The Bertz CT molecular complexity index is 278. The Kier molecular flexibility index (Phi) is 4.44. The molecule has 0 aliphatic heterocycles. The minimum absolute atomic E-state index is 0.169. The van der Waals surface area contributed by atoms with Gasteiger partial charge in [0.15, 0.2) is 5.69 Å². The SMILES string of the molecule is COCC(CO)NC(=O)c1cnsn1. The molecule has 1 unspecified atom stereocenters. The van der Waals surface area contributed by atoms with E-state index in [1.54, 1.807) is 0 Å². The Labute approximate surface area is 85.2 Å². The van der Waals surface area contributed by atoms with Gasteiger partial charge in [-0.3, -0.25) is 4.79 Å². The Hall–Kier alpha value is -1.05. The summed E-state index contributed by atoms with van der Waals surface area (Å²) in [5.74, 6) is -0.352. The zero-order chi connectivity index (χ0) is 10.4. The van der Waals surface area contributed by atoms with Crippen LogP contribution in [0.2, 0.25) is 0 Å². The molecule has 0 bridgehead atoms. The van der Waals surface area contributed by atoms with Crippen molar-refractivity contribution < 1.29 is 14.6 Å². The standard InChI is InChI=1S/C7H11N3O3S/c1-13-4-5(3-11)9-7(12)6-2-8-14-10-6/h2,5,11H,3-4H2,1H3,(H,9,12). The second kappa shape index (κ2) is 5.63. The zero-order valence-corrected chi connectivity index (χ0v) is 8.45. The average molecular weight is 217 g/mol. The normalized spacial score (nSPS) is 12.4. The number of carbonyl (C=O) groups is 1. The molecule has 1 amide bonds. The first-order chi connectivity index (χ1) is 6.77. The maximum atomic E-state index is 11.4. The lowest BCUT2D eigenvalue weighted by Crippen LogP contribution is -2.40. The lowest BCUT2D eigenvalue weighted by Gasteiger charge is -2.13. The molecule has 7 heteroatoms. The lowest BCUT2D eigenvalue weighted by molar-refractivity contribution is 0.0836. The summed E-state index contributed by atoms with van der Waals surface area (Å²) in [5, 5.41) is 11.4. The Balaban J connectivity index is 2.47. The number of carbonyl (C=O) groups excluding carboxylic acids is 1. The van der Waals surface area contributed by atoms with Crippen LogP contribution < -0.4 is 5.32 Å². The van der Waals surface area contributed by atoms with Gasteiger partial charge >= 0.3 is 0 Å². The maximum Gasteiger partial charge on any atom is 0.273 e. The third-order valence-corrected chi connectivity index (χ3v) is 2.00. The highest BCUT2D eigenvalue weighted by atomic mass is 32.1. The van der Waals surface area contributed by atoms with E-state index < -0.39 is 6.04 Å². The van der Waals surface area contributed by atoms with Crippen molar-refractivity contribution in [1.82, 2.24) is 14.1 Å². The van der Waals surface area contributed by atoms with Crippen LogP contribution in [-0.4, -0.2) is 46.1 Å². The lowest BCUT2D eigenvalue weighted by atomic mass is 10.3. The van der Waals surface area contributed by atoms with Crippen molar-refractivity contribution in [2.75, 3.05) is 20.3 Å². The Morgan fingerprint density at radius 2 is 2.64 bits per heavy atom. The maximum absolute atomic E-state index is 11.4. The van der Waals surface area contributed by atoms with Crippen LogP contribution in [0.3, 0.4) is 0 Å². The van der Waals surface area contributed by atoms with E-state index in [2.05, 4.69) is 14.1 Å². The molecule has 78 valence electrons. The van der Waals surface area contributed by atoms with E-state index in [1.807, 2.05) is 0 Å².